The van der Waals surface area contributed by atoms with Crippen molar-refractivity contribution in [3.63, 3.8) is 0 Å². The maximum Gasteiger partial charge on any atom is 0.256 e. The van der Waals surface area contributed by atoms with E-state index in [-0.39, 0.29) is 0 Å². The van der Waals surface area contributed by atoms with Gasteiger partial charge in [-0.25, -0.2) is 0 Å². The van der Waals surface area contributed by atoms with Crippen molar-refractivity contribution in [1.29, 1.82) is 0 Å². The highest BCUT2D eigenvalue weighted by Crippen LogP contribution is 2.60. The van der Waals surface area contributed by atoms with E-state index in [4.69, 9.17) is 4.52 Å². The molecule has 0 radical (unpaired) electrons. The van der Waals surface area contributed by atoms with Gasteiger partial charge >= 0.3 is 0 Å². The van der Waals surface area contributed by atoms with Gasteiger partial charge in [-0.1, -0.05) is 34.1 Å². The fraction of sp³-hybridized carbons (Fsp3) is 0.273. The molecule has 1 aromatic carbocycles. The molecular formula is C11H12BrO2P. The molecule has 0 aliphatic carbocycles. The Hall–Kier alpha value is -0.370. The highest BCUT2D eigenvalue weighted by Gasteiger charge is 2.41. The van der Waals surface area contributed by atoms with E-state index in [9.17, 15) is 4.57 Å². The highest BCUT2D eigenvalue weighted by molar-refractivity contribution is 9.11. The number of hydrogen-bond donors (Lipinski definition) is 0. The largest absolute Gasteiger partial charge is 0.311 e. The van der Waals surface area contributed by atoms with Gasteiger partial charge in [-0.2, -0.15) is 0 Å². The molecule has 0 spiro atoms. The van der Waals surface area contributed by atoms with Gasteiger partial charge in [0.1, 0.15) is 5.60 Å². The average Bonchev–Trinajstić information content (AvgIpc) is 2.38. The van der Waals surface area contributed by atoms with Crippen molar-refractivity contribution < 1.29 is 9.09 Å². The van der Waals surface area contributed by atoms with Crippen LogP contribution in [0.2, 0.25) is 0 Å². The molecule has 0 N–H and O–H groups in total. The zero-order valence-corrected chi connectivity index (χ0v) is 11.1. The third-order valence-corrected chi connectivity index (χ3v) is 6.22. The summed E-state index contributed by atoms with van der Waals surface area (Å²) >= 11 is 3.40. The zero-order valence-electron chi connectivity index (χ0n) is 8.61. The molecule has 0 bridgehead atoms. The predicted octanol–water partition coefficient (Wildman–Crippen LogP) is 3.64. The van der Waals surface area contributed by atoms with Crippen molar-refractivity contribution in [3.05, 3.63) is 40.6 Å². The molecule has 1 aromatic rings. The van der Waals surface area contributed by atoms with Gasteiger partial charge < -0.3 is 4.52 Å². The fourth-order valence-electron chi connectivity index (χ4n) is 1.48. The molecule has 1 aliphatic rings. The average molecular weight is 287 g/mol. The summed E-state index contributed by atoms with van der Waals surface area (Å²) in [5.41, 5.74) is -0.495. The van der Waals surface area contributed by atoms with E-state index < -0.39 is 13.0 Å². The number of rotatable bonds is 1. The maximum absolute atomic E-state index is 12.5. The van der Waals surface area contributed by atoms with Crippen molar-refractivity contribution in [2.75, 3.05) is 0 Å². The van der Waals surface area contributed by atoms with E-state index in [0.29, 0.717) is 0 Å². The molecule has 0 saturated carbocycles. The molecule has 0 aromatic heterocycles. The van der Waals surface area contributed by atoms with E-state index in [0.717, 1.165) is 9.79 Å². The van der Waals surface area contributed by atoms with E-state index in [2.05, 4.69) is 15.9 Å². The molecule has 2 nitrogen and oxygen atoms in total. The Balaban J connectivity index is 2.45. The van der Waals surface area contributed by atoms with Crippen molar-refractivity contribution in [3.8, 4) is 0 Å². The number of hydrogen-bond acceptors (Lipinski definition) is 2. The van der Waals surface area contributed by atoms with Crippen molar-refractivity contribution in [2.45, 2.75) is 19.4 Å². The van der Waals surface area contributed by atoms with E-state index in [1.54, 1.807) is 5.82 Å². The van der Waals surface area contributed by atoms with Gasteiger partial charge in [0.05, 0.1) is 0 Å². The third kappa shape index (κ3) is 1.96. The molecule has 4 heteroatoms. The Bertz CT molecular complexity index is 451. The van der Waals surface area contributed by atoms with Crippen LogP contribution >= 0.6 is 23.3 Å². The minimum Gasteiger partial charge on any atom is -0.311 e. The Morgan fingerprint density at radius 1 is 1.27 bits per heavy atom. The summed E-state index contributed by atoms with van der Waals surface area (Å²) in [6, 6.07) is 9.30. The third-order valence-electron chi connectivity index (χ3n) is 2.34. The van der Waals surface area contributed by atoms with Gasteiger partial charge in [-0.05, 0) is 26.0 Å². The molecule has 1 atom stereocenters. The SMILES string of the molecule is CC1(C)O[P@@](=O)(c2ccccc2)C=C1Br. The topological polar surface area (TPSA) is 26.3 Å². The van der Waals surface area contributed by atoms with Gasteiger partial charge in [-0.3, -0.25) is 4.57 Å². The van der Waals surface area contributed by atoms with Crippen LogP contribution in [0.25, 0.3) is 0 Å². The van der Waals surface area contributed by atoms with Crippen LogP contribution in [-0.2, 0) is 9.09 Å². The van der Waals surface area contributed by atoms with Crippen molar-refractivity contribution in [1.82, 2.24) is 0 Å². The zero-order chi connectivity index (χ0) is 11.1. The van der Waals surface area contributed by atoms with Crippen LogP contribution in [0.15, 0.2) is 40.6 Å². The maximum atomic E-state index is 12.5. The summed E-state index contributed by atoms with van der Waals surface area (Å²) in [6.07, 6.45) is 0. The van der Waals surface area contributed by atoms with Gasteiger partial charge in [0.15, 0.2) is 0 Å². The van der Waals surface area contributed by atoms with Gasteiger partial charge in [0, 0.05) is 15.6 Å². The first-order chi connectivity index (χ1) is 6.94. The predicted molar refractivity (Wildman–Crippen MR) is 65.9 cm³/mol. The van der Waals surface area contributed by atoms with Crippen molar-refractivity contribution >= 4 is 28.6 Å². The lowest BCUT2D eigenvalue weighted by Gasteiger charge is -2.20. The lowest BCUT2D eigenvalue weighted by atomic mass is 10.1. The van der Waals surface area contributed by atoms with E-state index in [1.807, 2.05) is 44.2 Å². The molecule has 80 valence electrons. The van der Waals surface area contributed by atoms with Crippen LogP contribution in [0.4, 0.5) is 0 Å². The molecule has 0 amide bonds. The lowest BCUT2D eigenvalue weighted by Crippen LogP contribution is -2.19. The van der Waals surface area contributed by atoms with Crippen LogP contribution in [0.3, 0.4) is 0 Å². The van der Waals surface area contributed by atoms with Crippen LogP contribution in [0.5, 0.6) is 0 Å². The van der Waals surface area contributed by atoms with Crippen LogP contribution in [-0.4, -0.2) is 5.60 Å². The Morgan fingerprint density at radius 3 is 2.33 bits per heavy atom. The number of benzene rings is 1. The van der Waals surface area contributed by atoms with Gasteiger partial charge in [0.2, 0.25) is 0 Å². The first-order valence-electron chi connectivity index (χ1n) is 4.69. The van der Waals surface area contributed by atoms with Crippen LogP contribution in [0.1, 0.15) is 13.8 Å². The molecule has 0 unspecified atom stereocenters. The quantitative estimate of drug-likeness (QED) is 0.737. The van der Waals surface area contributed by atoms with E-state index in [1.165, 1.54) is 0 Å². The Morgan fingerprint density at radius 2 is 1.87 bits per heavy atom. The normalized spacial score (nSPS) is 28.9. The molecule has 2 rings (SSSR count). The minimum atomic E-state index is -2.81. The second kappa shape index (κ2) is 3.58. The molecule has 1 aliphatic heterocycles. The second-order valence-electron chi connectivity index (χ2n) is 4.01. The summed E-state index contributed by atoms with van der Waals surface area (Å²) in [4.78, 5) is 0. The molecule has 0 fully saturated rings. The Labute approximate surface area is 97.9 Å². The summed E-state index contributed by atoms with van der Waals surface area (Å²) in [5.74, 6) is 1.70. The molecular weight excluding hydrogens is 275 g/mol. The minimum absolute atomic E-state index is 0.495. The van der Waals surface area contributed by atoms with E-state index >= 15 is 0 Å². The molecule has 15 heavy (non-hydrogen) atoms. The fourth-order valence-corrected chi connectivity index (χ4v) is 4.77. The summed E-state index contributed by atoms with van der Waals surface area (Å²) in [5, 5.41) is 0.743. The highest BCUT2D eigenvalue weighted by atomic mass is 79.9. The van der Waals surface area contributed by atoms with Gasteiger partial charge in [0.25, 0.3) is 7.37 Å². The second-order valence-corrected chi connectivity index (χ2v) is 7.02. The summed E-state index contributed by atoms with van der Waals surface area (Å²) in [7, 11) is -2.81. The van der Waals surface area contributed by atoms with Gasteiger partial charge in [-0.15, -0.1) is 0 Å². The molecule has 0 saturated heterocycles. The van der Waals surface area contributed by atoms with Crippen molar-refractivity contribution in [2.24, 2.45) is 0 Å². The Kier molecular flexibility index (Phi) is 2.66. The van der Waals surface area contributed by atoms with Crippen LogP contribution < -0.4 is 5.30 Å². The smallest absolute Gasteiger partial charge is 0.256 e. The monoisotopic (exact) mass is 286 g/mol. The summed E-state index contributed by atoms with van der Waals surface area (Å²) < 4.78 is 19.0. The first-order valence-corrected chi connectivity index (χ1v) is 7.18. The standard InChI is InChI=1S/C11H12BrO2P/c1-11(2)10(12)8-15(13,14-11)9-6-4-3-5-7-9/h3-8H,1-2H3/t15-/m1/s1. The van der Waals surface area contributed by atoms with Crippen LogP contribution in [0, 0.1) is 0 Å². The number of halogens is 1. The lowest BCUT2D eigenvalue weighted by molar-refractivity contribution is 0.180. The molecule has 1 heterocycles. The first kappa shape index (κ1) is 11.1. The summed E-state index contributed by atoms with van der Waals surface area (Å²) in [6.45, 7) is 3.80.